The fourth-order valence-electron chi connectivity index (χ4n) is 2.63. The number of esters is 1. The molecular weight excluding hydrogens is 230 g/mol. The first kappa shape index (κ1) is 13.1. The molecule has 100 valence electrons. The Bertz CT molecular complexity index is 416. The summed E-state index contributed by atoms with van der Waals surface area (Å²) in [6, 6.07) is 0. The summed E-state index contributed by atoms with van der Waals surface area (Å²) in [4.78, 5) is 14.2. The summed E-state index contributed by atoms with van der Waals surface area (Å²) in [7, 11) is 3.95. The van der Waals surface area contributed by atoms with Crippen LogP contribution in [0.3, 0.4) is 0 Å². The van der Waals surface area contributed by atoms with Crippen LogP contribution in [0.4, 0.5) is 0 Å². The van der Waals surface area contributed by atoms with Crippen molar-refractivity contribution in [3.05, 3.63) is 18.0 Å². The minimum Gasteiger partial charge on any atom is -0.466 e. The SMILES string of the molecule is CCOC(=O)[C@@H]1CN(C)CC[C@H]1c1cnn(C)c1. The molecule has 5 nitrogen and oxygen atoms in total. The van der Waals surface area contributed by atoms with Crippen molar-refractivity contribution in [2.45, 2.75) is 19.3 Å². The molecule has 1 aromatic rings. The van der Waals surface area contributed by atoms with Crippen molar-refractivity contribution in [3.8, 4) is 0 Å². The second kappa shape index (κ2) is 5.52. The molecule has 2 rings (SSSR count). The number of hydrogen-bond donors (Lipinski definition) is 0. The van der Waals surface area contributed by atoms with Crippen molar-refractivity contribution in [2.75, 3.05) is 26.7 Å². The molecular formula is C13H21N3O2. The van der Waals surface area contributed by atoms with E-state index in [9.17, 15) is 4.79 Å². The highest BCUT2D eigenvalue weighted by Crippen LogP contribution is 2.33. The molecule has 5 heteroatoms. The van der Waals surface area contributed by atoms with Gasteiger partial charge < -0.3 is 9.64 Å². The number of carbonyl (C=O) groups is 1. The fourth-order valence-corrected chi connectivity index (χ4v) is 2.63. The maximum absolute atomic E-state index is 12.1. The third kappa shape index (κ3) is 2.72. The van der Waals surface area contributed by atoms with E-state index in [4.69, 9.17) is 4.74 Å². The van der Waals surface area contributed by atoms with E-state index in [1.807, 2.05) is 33.4 Å². The maximum Gasteiger partial charge on any atom is 0.310 e. The van der Waals surface area contributed by atoms with Gasteiger partial charge in [0.25, 0.3) is 0 Å². The Morgan fingerprint density at radius 1 is 1.56 bits per heavy atom. The van der Waals surface area contributed by atoms with Crippen molar-refractivity contribution < 1.29 is 9.53 Å². The van der Waals surface area contributed by atoms with Gasteiger partial charge in [-0.1, -0.05) is 0 Å². The van der Waals surface area contributed by atoms with E-state index >= 15 is 0 Å². The van der Waals surface area contributed by atoms with Crippen molar-refractivity contribution >= 4 is 5.97 Å². The Hall–Kier alpha value is -1.36. The van der Waals surface area contributed by atoms with Crippen molar-refractivity contribution in [2.24, 2.45) is 13.0 Å². The molecule has 0 aliphatic carbocycles. The molecule has 1 aliphatic rings. The van der Waals surface area contributed by atoms with Crippen molar-refractivity contribution in [3.63, 3.8) is 0 Å². The van der Waals surface area contributed by atoms with E-state index in [0.29, 0.717) is 6.61 Å². The van der Waals surface area contributed by atoms with Gasteiger partial charge in [0.1, 0.15) is 0 Å². The highest BCUT2D eigenvalue weighted by atomic mass is 16.5. The molecule has 18 heavy (non-hydrogen) atoms. The summed E-state index contributed by atoms with van der Waals surface area (Å²) in [5.74, 6) is 0.0692. The second-order valence-electron chi connectivity index (χ2n) is 4.96. The highest BCUT2D eigenvalue weighted by Gasteiger charge is 2.35. The predicted octanol–water partition coefficient (Wildman–Crippen LogP) is 1.02. The average molecular weight is 251 g/mol. The van der Waals surface area contributed by atoms with E-state index in [-0.39, 0.29) is 17.8 Å². The monoisotopic (exact) mass is 251 g/mol. The number of carbonyl (C=O) groups excluding carboxylic acids is 1. The van der Waals surface area contributed by atoms with Gasteiger partial charge >= 0.3 is 5.97 Å². The normalized spacial score (nSPS) is 25.1. The van der Waals surface area contributed by atoms with Crippen molar-refractivity contribution in [1.29, 1.82) is 0 Å². The maximum atomic E-state index is 12.1. The first-order valence-electron chi connectivity index (χ1n) is 6.45. The molecule has 0 saturated carbocycles. The molecule has 2 atom stereocenters. The first-order chi connectivity index (χ1) is 8.61. The van der Waals surface area contributed by atoms with E-state index in [1.54, 1.807) is 4.68 Å². The minimum atomic E-state index is -0.0853. The predicted molar refractivity (Wildman–Crippen MR) is 68.2 cm³/mol. The van der Waals surface area contributed by atoms with Gasteiger partial charge in [0.15, 0.2) is 0 Å². The quantitative estimate of drug-likeness (QED) is 0.753. The van der Waals surface area contributed by atoms with Gasteiger partial charge in [-0.25, -0.2) is 0 Å². The largest absolute Gasteiger partial charge is 0.466 e. The lowest BCUT2D eigenvalue weighted by Gasteiger charge is -2.34. The number of ether oxygens (including phenoxy) is 1. The Kier molecular flexibility index (Phi) is 4.01. The Labute approximate surface area is 108 Å². The summed E-state index contributed by atoms with van der Waals surface area (Å²) in [6.07, 6.45) is 4.84. The Morgan fingerprint density at radius 2 is 2.33 bits per heavy atom. The molecule has 2 heterocycles. The van der Waals surface area contributed by atoms with Gasteiger partial charge in [0.05, 0.1) is 18.7 Å². The van der Waals surface area contributed by atoms with Gasteiger partial charge in [0, 0.05) is 25.7 Å². The van der Waals surface area contributed by atoms with E-state index in [0.717, 1.165) is 25.1 Å². The van der Waals surface area contributed by atoms with Crippen LogP contribution < -0.4 is 0 Å². The number of rotatable bonds is 3. The van der Waals surface area contributed by atoms with Crippen molar-refractivity contribution in [1.82, 2.24) is 14.7 Å². The van der Waals surface area contributed by atoms with Gasteiger partial charge in [-0.2, -0.15) is 5.10 Å². The number of hydrogen-bond acceptors (Lipinski definition) is 4. The van der Waals surface area contributed by atoms with E-state index in [1.165, 1.54) is 0 Å². The van der Waals surface area contributed by atoms with Crippen LogP contribution in [0, 0.1) is 5.92 Å². The highest BCUT2D eigenvalue weighted by molar-refractivity contribution is 5.74. The molecule has 0 bridgehead atoms. The number of nitrogens with zero attached hydrogens (tertiary/aromatic N) is 3. The first-order valence-corrected chi connectivity index (χ1v) is 6.45. The summed E-state index contributed by atoms with van der Waals surface area (Å²) in [6.45, 7) is 4.07. The topological polar surface area (TPSA) is 47.4 Å². The zero-order chi connectivity index (χ0) is 13.1. The van der Waals surface area contributed by atoms with E-state index < -0.39 is 0 Å². The number of aryl methyl sites for hydroxylation is 1. The second-order valence-corrected chi connectivity index (χ2v) is 4.96. The molecule has 0 spiro atoms. The number of piperidine rings is 1. The lowest BCUT2D eigenvalue weighted by molar-refractivity contribution is -0.150. The van der Waals surface area contributed by atoms with Crippen LogP contribution in [0.15, 0.2) is 12.4 Å². The molecule has 0 radical (unpaired) electrons. The summed E-state index contributed by atoms with van der Waals surface area (Å²) >= 11 is 0. The van der Waals surface area contributed by atoms with Crippen LogP contribution in [0.25, 0.3) is 0 Å². The number of likely N-dealkylation sites (tertiary alicyclic amines) is 1. The summed E-state index contributed by atoms with van der Waals surface area (Å²) in [5, 5.41) is 4.20. The third-order valence-corrected chi connectivity index (χ3v) is 3.56. The number of aromatic nitrogens is 2. The molecule has 0 amide bonds. The zero-order valence-corrected chi connectivity index (χ0v) is 11.3. The van der Waals surface area contributed by atoms with Gasteiger partial charge in [0.2, 0.25) is 0 Å². The minimum absolute atomic E-state index is 0.0760. The molecule has 1 fully saturated rings. The third-order valence-electron chi connectivity index (χ3n) is 3.56. The molecule has 1 aliphatic heterocycles. The van der Waals surface area contributed by atoms with Gasteiger partial charge in [-0.15, -0.1) is 0 Å². The van der Waals surface area contributed by atoms with Crippen LogP contribution >= 0.6 is 0 Å². The van der Waals surface area contributed by atoms with E-state index in [2.05, 4.69) is 10.00 Å². The van der Waals surface area contributed by atoms with Crippen LogP contribution in [-0.4, -0.2) is 47.4 Å². The molecule has 0 aromatic carbocycles. The van der Waals surface area contributed by atoms with Crippen LogP contribution in [0.5, 0.6) is 0 Å². The molecule has 0 unspecified atom stereocenters. The fraction of sp³-hybridized carbons (Fsp3) is 0.692. The van der Waals surface area contributed by atoms with Crippen LogP contribution in [-0.2, 0) is 16.6 Å². The Morgan fingerprint density at radius 3 is 2.94 bits per heavy atom. The van der Waals surface area contributed by atoms with Crippen LogP contribution in [0.2, 0.25) is 0 Å². The smallest absolute Gasteiger partial charge is 0.310 e. The van der Waals surface area contributed by atoms with Crippen LogP contribution in [0.1, 0.15) is 24.8 Å². The zero-order valence-electron chi connectivity index (χ0n) is 11.3. The molecule has 1 aromatic heterocycles. The standard InChI is InChI=1S/C13H21N3O2/c1-4-18-13(17)12-9-15(2)6-5-11(12)10-7-14-16(3)8-10/h7-8,11-12H,4-6,9H2,1-3H3/t11-,12+/m0/s1. The molecule has 0 N–H and O–H groups in total. The van der Waals surface area contributed by atoms with Gasteiger partial charge in [-0.05, 0) is 32.5 Å². The van der Waals surface area contributed by atoms with Gasteiger partial charge in [-0.3, -0.25) is 9.48 Å². The lowest BCUT2D eigenvalue weighted by Crippen LogP contribution is -2.41. The summed E-state index contributed by atoms with van der Waals surface area (Å²) < 4.78 is 6.98. The average Bonchev–Trinajstić information content (AvgIpc) is 2.76. The summed E-state index contributed by atoms with van der Waals surface area (Å²) in [5.41, 5.74) is 1.14. The molecule has 1 saturated heterocycles. The Balaban J connectivity index is 2.17. The lowest BCUT2D eigenvalue weighted by atomic mass is 9.82.